The molecule has 2 heterocycles. The largest absolute Gasteiger partial charge is 0.357 e. The molecule has 1 aliphatic heterocycles. The van der Waals surface area contributed by atoms with Crippen LogP contribution in [0, 0.1) is 5.41 Å². The summed E-state index contributed by atoms with van der Waals surface area (Å²) in [6.45, 7) is 14.1. The van der Waals surface area contributed by atoms with Gasteiger partial charge >= 0.3 is 0 Å². The standard InChI is InChI=1S/C16H28N4/c1-7-17-14(18-10-13-8-9-19(6)11-13)20-12-15(2,3)16(20,4)5/h8-9,11H,7,10,12H2,1-6H3,(H,17,18). The maximum Gasteiger partial charge on any atom is 0.194 e. The number of nitrogens with zero attached hydrogens (tertiary/aromatic N) is 3. The normalized spacial score (nSPS) is 20.7. The molecule has 1 aliphatic rings. The summed E-state index contributed by atoms with van der Waals surface area (Å²) in [6.07, 6.45) is 4.19. The first-order valence-electron chi connectivity index (χ1n) is 7.45. The van der Waals surface area contributed by atoms with Gasteiger partial charge in [-0.3, -0.25) is 0 Å². The average Bonchev–Trinajstić information content (AvgIpc) is 2.78. The van der Waals surface area contributed by atoms with Gasteiger partial charge in [0, 0.05) is 43.5 Å². The molecule has 4 nitrogen and oxygen atoms in total. The van der Waals surface area contributed by atoms with Crippen molar-refractivity contribution in [3.63, 3.8) is 0 Å². The van der Waals surface area contributed by atoms with Crippen molar-refractivity contribution >= 4 is 5.96 Å². The Hall–Kier alpha value is -1.45. The highest BCUT2D eigenvalue weighted by atomic mass is 15.4. The lowest BCUT2D eigenvalue weighted by atomic mass is 9.65. The Morgan fingerprint density at radius 3 is 2.50 bits per heavy atom. The second-order valence-electron chi connectivity index (χ2n) is 6.88. The van der Waals surface area contributed by atoms with Gasteiger partial charge in [-0.2, -0.15) is 0 Å². The molecule has 0 aliphatic carbocycles. The molecule has 1 aromatic rings. The molecule has 0 amide bonds. The second kappa shape index (κ2) is 5.15. The van der Waals surface area contributed by atoms with Crippen LogP contribution in [0.2, 0.25) is 0 Å². The van der Waals surface area contributed by atoms with Crippen LogP contribution in [0.3, 0.4) is 0 Å². The molecule has 1 fully saturated rings. The van der Waals surface area contributed by atoms with Gasteiger partial charge in [0.1, 0.15) is 0 Å². The van der Waals surface area contributed by atoms with Gasteiger partial charge in [-0.05, 0) is 32.4 Å². The molecular formula is C16H28N4. The van der Waals surface area contributed by atoms with E-state index in [1.54, 1.807) is 0 Å². The Morgan fingerprint density at radius 1 is 1.35 bits per heavy atom. The molecule has 0 spiro atoms. The maximum atomic E-state index is 4.80. The number of hydrogen-bond acceptors (Lipinski definition) is 1. The number of guanidine groups is 1. The summed E-state index contributed by atoms with van der Waals surface area (Å²) < 4.78 is 2.06. The lowest BCUT2D eigenvalue weighted by molar-refractivity contribution is -0.0667. The molecule has 1 aromatic heterocycles. The molecule has 1 saturated heterocycles. The van der Waals surface area contributed by atoms with E-state index in [1.807, 2.05) is 7.05 Å². The number of rotatable bonds is 3. The number of nitrogens with one attached hydrogen (secondary N) is 1. The second-order valence-corrected chi connectivity index (χ2v) is 6.88. The minimum atomic E-state index is 0.144. The third-order valence-electron chi connectivity index (χ3n) is 4.78. The predicted molar refractivity (Wildman–Crippen MR) is 84.8 cm³/mol. The fourth-order valence-corrected chi connectivity index (χ4v) is 2.62. The van der Waals surface area contributed by atoms with Crippen molar-refractivity contribution in [2.24, 2.45) is 17.5 Å². The van der Waals surface area contributed by atoms with Crippen molar-refractivity contribution in [1.82, 2.24) is 14.8 Å². The Labute approximate surface area is 122 Å². The molecule has 4 heteroatoms. The Kier molecular flexibility index (Phi) is 3.85. The average molecular weight is 276 g/mol. The fourth-order valence-electron chi connectivity index (χ4n) is 2.62. The van der Waals surface area contributed by atoms with E-state index in [4.69, 9.17) is 4.99 Å². The molecule has 1 N–H and O–H groups in total. The van der Waals surface area contributed by atoms with Gasteiger partial charge < -0.3 is 14.8 Å². The van der Waals surface area contributed by atoms with Crippen molar-refractivity contribution < 1.29 is 0 Å². The number of aromatic nitrogens is 1. The van der Waals surface area contributed by atoms with Gasteiger partial charge in [0.2, 0.25) is 0 Å². The molecule has 20 heavy (non-hydrogen) atoms. The van der Waals surface area contributed by atoms with E-state index in [2.05, 4.69) is 67.9 Å². The summed E-state index contributed by atoms with van der Waals surface area (Å²) in [6, 6.07) is 2.12. The zero-order valence-electron chi connectivity index (χ0n) is 13.7. The molecule has 0 radical (unpaired) electrons. The first kappa shape index (κ1) is 14.9. The van der Waals surface area contributed by atoms with Crippen LogP contribution in [0.4, 0.5) is 0 Å². The van der Waals surface area contributed by atoms with Crippen LogP contribution in [0.25, 0.3) is 0 Å². The van der Waals surface area contributed by atoms with Gasteiger partial charge in [-0.1, -0.05) is 13.8 Å². The number of aliphatic imine (C=N–C) groups is 1. The molecule has 0 aromatic carbocycles. The summed E-state index contributed by atoms with van der Waals surface area (Å²) in [4.78, 5) is 7.19. The molecule has 2 rings (SSSR count). The van der Waals surface area contributed by atoms with Crippen LogP contribution in [0.5, 0.6) is 0 Å². The van der Waals surface area contributed by atoms with Gasteiger partial charge in [-0.15, -0.1) is 0 Å². The molecule has 0 unspecified atom stereocenters. The van der Waals surface area contributed by atoms with Crippen LogP contribution in [0.15, 0.2) is 23.5 Å². The van der Waals surface area contributed by atoms with Crippen LogP contribution in [-0.4, -0.2) is 34.1 Å². The SMILES string of the molecule is CCNC(=NCc1ccn(C)c1)N1CC(C)(C)C1(C)C. The Bertz CT molecular complexity index is 496. The van der Waals surface area contributed by atoms with E-state index in [-0.39, 0.29) is 5.54 Å². The van der Waals surface area contributed by atoms with Gasteiger partial charge in [0.15, 0.2) is 5.96 Å². The van der Waals surface area contributed by atoms with Gasteiger partial charge in [0.25, 0.3) is 0 Å². The van der Waals surface area contributed by atoms with E-state index in [0.717, 1.165) is 25.6 Å². The van der Waals surface area contributed by atoms with Crippen LogP contribution in [-0.2, 0) is 13.6 Å². The molecule has 0 saturated carbocycles. The number of hydrogen-bond donors (Lipinski definition) is 1. The first-order chi connectivity index (χ1) is 9.28. The monoisotopic (exact) mass is 276 g/mol. The fraction of sp³-hybridized carbons (Fsp3) is 0.688. The molecule has 0 bridgehead atoms. The molecular weight excluding hydrogens is 248 g/mol. The molecule has 0 atom stereocenters. The summed E-state index contributed by atoms with van der Waals surface area (Å²) in [5.74, 6) is 1.03. The highest BCUT2D eigenvalue weighted by molar-refractivity contribution is 5.82. The van der Waals surface area contributed by atoms with Gasteiger partial charge in [-0.25, -0.2) is 4.99 Å². The van der Waals surface area contributed by atoms with Crippen LogP contribution >= 0.6 is 0 Å². The predicted octanol–water partition coefficient (Wildman–Crippen LogP) is 2.61. The third kappa shape index (κ3) is 2.56. The minimum Gasteiger partial charge on any atom is -0.357 e. The topological polar surface area (TPSA) is 32.6 Å². The Morgan fingerprint density at radius 2 is 2.05 bits per heavy atom. The van der Waals surface area contributed by atoms with Crippen molar-refractivity contribution in [1.29, 1.82) is 0 Å². The summed E-state index contributed by atoms with van der Waals surface area (Å²) >= 11 is 0. The summed E-state index contributed by atoms with van der Waals surface area (Å²) in [7, 11) is 2.04. The lowest BCUT2D eigenvalue weighted by Gasteiger charge is -2.62. The number of likely N-dealkylation sites (tertiary alicyclic amines) is 1. The lowest BCUT2D eigenvalue weighted by Crippen LogP contribution is -2.72. The van der Waals surface area contributed by atoms with E-state index in [1.165, 1.54) is 5.56 Å². The van der Waals surface area contributed by atoms with Crippen molar-refractivity contribution in [2.75, 3.05) is 13.1 Å². The highest BCUT2D eigenvalue weighted by Crippen LogP contribution is 2.46. The van der Waals surface area contributed by atoms with E-state index in [0.29, 0.717) is 5.41 Å². The minimum absolute atomic E-state index is 0.144. The van der Waals surface area contributed by atoms with Crippen molar-refractivity contribution in [3.05, 3.63) is 24.0 Å². The summed E-state index contributed by atoms with van der Waals surface area (Å²) in [5, 5.41) is 3.42. The van der Waals surface area contributed by atoms with Crippen LogP contribution in [0.1, 0.15) is 40.2 Å². The van der Waals surface area contributed by atoms with E-state index in [9.17, 15) is 0 Å². The smallest absolute Gasteiger partial charge is 0.194 e. The highest BCUT2D eigenvalue weighted by Gasteiger charge is 2.53. The van der Waals surface area contributed by atoms with E-state index < -0.39 is 0 Å². The van der Waals surface area contributed by atoms with Crippen LogP contribution < -0.4 is 5.32 Å². The maximum absolute atomic E-state index is 4.80. The Balaban J connectivity index is 2.12. The quantitative estimate of drug-likeness (QED) is 0.680. The third-order valence-corrected chi connectivity index (χ3v) is 4.78. The first-order valence-corrected chi connectivity index (χ1v) is 7.45. The van der Waals surface area contributed by atoms with Crippen molar-refractivity contribution in [2.45, 2.75) is 46.7 Å². The van der Waals surface area contributed by atoms with Crippen molar-refractivity contribution in [3.8, 4) is 0 Å². The van der Waals surface area contributed by atoms with Gasteiger partial charge in [0.05, 0.1) is 6.54 Å². The van der Waals surface area contributed by atoms with E-state index >= 15 is 0 Å². The zero-order chi connectivity index (χ0) is 15.0. The molecule has 112 valence electrons. The number of aryl methyl sites for hydroxylation is 1. The zero-order valence-corrected chi connectivity index (χ0v) is 13.7. The summed E-state index contributed by atoms with van der Waals surface area (Å²) in [5.41, 5.74) is 1.72.